The van der Waals surface area contributed by atoms with Gasteiger partial charge in [0.2, 0.25) is 6.41 Å². The van der Waals surface area contributed by atoms with Crippen molar-refractivity contribution in [1.29, 1.82) is 0 Å². The Bertz CT molecular complexity index is 213. The van der Waals surface area contributed by atoms with E-state index in [-0.39, 0.29) is 6.04 Å². The average Bonchev–Trinajstić information content (AvgIpc) is 2.19. The fourth-order valence-corrected chi connectivity index (χ4v) is 1.71. The van der Waals surface area contributed by atoms with Crippen LogP contribution in [0.4, 0.5) is 0 Å². The van der Waals surface area contributed by atoms with Gasteiger partial charge < -0.3 is 4.90 Å². The molecular weight excluding hydrogens is 126 g/mol. The molecule has 2 nitrogen and oxygen atoms in total. The molecule has 2 rings (SSSR count). The average molecular weight is 135 g/mol. The van der Waals surface area contributed by atoms with Crippen LogP contribution in [0.25, 0.3) is 0 Å². The molecule has 2 unspecified atom stereocenters. The third-order valence-electron chi connectivity index (χ3n) is 2.28. The summed E-state index contributed by atoms with van der Waals surface area (Å²) >= 11 is 0. The predicted molar refractivity (Wildman–Crippen MR) is 37.1 cm³/mol. The van der Waals surface area contributed by atoms with Gasteiger partial charge in [-0.25, -0.2) is 0 Å². The van der Waals surface area contributed by atoms with E-state index in [1.165, 1.54) is 0 Å². The maximum Gasteiger partial charge on any atom is 0.210 e. The minimum atomic E-state index is 0.247. The van der Waals surface area contributed by atoms with E-state index < -0.39 is 0 Å². The Balaban J connectivity index is 2.26. The molecule has 2 heterocycles. The molecule has 10 heavy (non-hydrogen) atoms. The van der Waals surface area contributed by atoms with Crippen molar-refractivity contribution in [2.24, 2.45) is 0 Å². The highest BCUT2D eigenvalue weighted by Gasteiger charge is 2.32. The van der Waals surface area contributed by atoms with Crippen molar-refractivity contribution in [1.82, 2.24) is 4.90 Å². The molecule has 2 atom stereocenters. The van der Waals surface area contributed by atoms with E-state index in [1.807, 2.05) is 4.90 Å². The van der Waals surface area contributed by atoms with Crippen LogP contribution in [0.1, 0.15) is 19.3 Å². The van der Waals surface area contributed by atoms with E-state index in [0.717, 1.165) is 25.7 Å². The maximum absolute atomic E-state index is 10.5. The molecule has 2 bridgehead atoms. The van der Waals surface area contributed by atoms with Gasteiger partial charge in [0.25, 0.3) is 0 Å². The Morgan fingerprint density at radius 2 is 2.40 bits per heavy atom. The zero-order chi connectivity index (χ0) is 6.97. The summed E-state index contributed by atoms with van der Waals surface area (Å²) in [6.07, 6.45) is 4.03. The molecule has 2 aliphatic heterocycles. The quantitative estimate of drug-likeness (QED) is 0.376. The molecule has 0 aromatic carbocycles. The number of nitrogens with zero attached hydrogens (tertiary/aromatic N) is 1. The van der Waals surface area contributed by atoms with Crippen molar-refractivity contribution in [3.8, 4) is 11.8 Å². The second-order valence-corrected chi connectivity index (χ2v) is 2.82. The van der Waals surface area contributed by atoms with Gasteiger partial charge in [0, 0.05) is 12.5 Å². The monoisotopic (exact) mass is 135 g/mol. The molecule has 1 amide bonds. The number of fused-ring (bicyclic) bond motifs is 2. The zero-order valence-corrected chi connectivity index (χ0v) is 5.71. The van der Waals surface area contributed by atoms with Crippen molar-refractivity contribution in [3.63, 3.8) is 0 Å². The molecule has 1 fully saturated rings. The molecule has 0 aromatic heterocycles. The fourth-order valence-electron chi connectivity index (χ4n) is 1.71. The van der Waals surface area contributed by atoms with Gasteiger partial charge in [-0.2, -0.15) is 0 Å². The van der Waals surface area contributed by atoms with Crippen LogP contribution in [0.15, 0.2) is 0 Å². The molecule has 0 radical (unpaired) electrons. The van der Waals surface area contributed by atoms with Crippen LogP contribution >= 0.6 is 0 Å². The molecule has 0 N–H and O–H groups in total. The Morgan fingerprint density at radius 3 is 3.00 bits per heavy atom. The van der Waals surface area contributed by atoms with Gasteiger partial charge in [0.1, 0.15) is 0 Å². The van der Waals surface area contributed by atoms with Crippen molar-refractivity contribution < 1.29 is 4.79 Å². The molecular formula is C8H9NO. The lowest BCUT2D eigenvalue weighted by Gasteiger charge is -2.24. The Morgan fingerprint density at radius 1 is 1.50 bits per heavy atom. The SMILES string of the molecule is O=CN1C2C#CCC1CC2. The van der Waals surface area contributed by atoms with Crippen LogP contribution in [0, 0.1) is 11.8 Å². The number of hydrogen-bond acceptors (Lipinski definition) is 1. The van der Waals surface area contributed by atoms with Crippen molar-refractivity contribution in [3.05, 3.63) is 0 Å². The predicted octanol–water partition coefficient (Wildman–Crippen LogP) is 0.383. The summed E-state index contributed by atoms with van der Waals surface area (Å²) in [5, 5.41) is 0. The summed E-state index contributed by atoms with van der Waals surface area (Å²) < 4.78 is 0. The second kappa shape index (κ2) is 2.02. The first-order chi connectivity index (χ1) is 4.92. The van der Waals surface area contributed by atoms with E-state index in [9.17, 15) is 4.79 Å². The Hall–Kier alpha value is -0.970. The van der Waals surface area contributed by atoms with Crippen LogP contribution in [0.5, 0.6) is 0 Å². The van der Waals surface area contributed by atoms with Gasteiger partial charge in [-0.1, -0.05) is 11.8 Å². The van der Waals surface area contributed by atoms with E-state index in [2.05, 4.69) is 11.8 Å². The molecule has 0 saturated carbocycles. The fraction of sp³-hybridized carbons (Fsp3) is 0.625. The standard InChI is InChI=1S/C8H9NO/c10-6-9-7-2-1-3-8(9)5-4-7/h6-8H,2,4-5H2. The van der Waals surface area contributed by atoms with Gasteiger partial charge >= 0.3 is 0 Å². The largest absolute Gasteiger partial charge is 0.327 e. The first-order valence-electron chi connectivity index (χ1n) is 3.63. The van der Waals surface area contributed by atoms with E-state index >= 15 is 0 Å². The highest BCUT2D eigenvalue weighted by Crippen LogP contribution is 2.26. The first kappa shape index (κ1) is 5.79. The first-order valence-corrected chi connectivity index (χ1v) is 3.63. The molecule has 2 heteroatoms. The van der Waals surface area contributed by atoms with Gasteiger partial charge in [0.05, 0.1) is 6.04 Å². The van der Waals surface area contributed by atoms with E-state index in [4.69, 9.17) is 0 Å². The Labute approximate surface area is 60.2 Å². The smallest absolute Gasteiger partial charge is 0.210 e. The summed E-state index contributed by atoms with van der Waals surface area (Å²) in [5.41, 5.74) is 0. The third-order valence-corrected chi connectivity index (χ3v) is 2.28. The maximum atomic E-state index is 10.5. The highest BCUT2D eigenvalue weighted by molar-refractivity contribution is 5.52. The summed E-state index contributed by atoms with van der Waals surface area (Å²) in [6.45, 7) is 0. The van der Waals surface area contributed by atoms with Crippen LogP contribution in [0.3, 0.4) is 0 Å². The minimum absolute atomic E-state index is 0.247. The molecule has 0 aliphatic carbocycles. The van der Waals surface area contributed by atoms with Gasteiger partial charge in [-0.05, 0) is 12.8 Å². The van der Waals surface area contributed by atoms with Gasteiger partial charge in [-0.3, -0.25) is 4.79 Å². The second-order valence-electron chi connectivity index (χ2n) is 2.82. The van der Waals surface area contributed by atoms with E-state index in [0.29, 0.717) is 6.04 Å². The van der Waals surface area contributed by atoms with Gasteiger partial charge in [-0.15, -0.1) is 0 Å². The summed E-state index contributed by atoms with van der Waals surface area (Å²) in [7, 11) is 0. The summed E-state index contributed by atoms with van der Waals surface area (Å²) in [4.78, 5) is 12.3. The van der Waals surface area contributed by atoms with Crippen LogP contribution in [-0.2, 0) is 4.79 Å². The number of amides is 1. The van der Waals surface area contributed by atoms with Crippen molar-refractivity contribution >= 4 is 6.41 Å². The summed E-state index contributed by atoms with van der Waals surface area (Å²) in [5.74, 6) is 6.12. The van der Waals surface area contributed by atoms with Crippen molar-refractivity contribution in [2.75, 3.05) is 0 Å². The minimum Gasteiger partial charge on any atom is -0.327 e. The number of carbonyl (C=O) groups is 1. The summed E-state index contributed by atoms with van der Waals surface area (Å²) in [6, 6.07) is 0.681. The lowest BCUT2D eigenvalue weighted by molar-refractivity contribution is -0.119. The molecule has 52 valence electrons. The lowest BCUT2D eigenvalue weighted by Crippen LogP contribution is -2.35. The lowest BCUT2D eigenvalue weighted by atomic mass is 10.2. The van der Waals surface area contributed by atoms with Crippen molar-refractivity contribution in [2.45, 2.75) is 31.3 Å². The highest BCUT2D eigenvalue weighted by atomic mass is 16.1. The molecule has 0 aromatic rings. The Kier molecular flexibility index (Phi) is 1.17. The number of hydrogen-bond donors (Lipinski definition) is 0. The van der Waals surface area contributed by atoms with Crippen LogP contribution in [0.2, 0.25) is 0 Å². The number of rotatable bonds is 1. The zero-order valence-electron chi connectivity index (χ0n) is 5.71. The van der Waals surface area contributed by atoms with Gasteiger partial charge in [0.15, 0.2) is 0 Å². The van der Waals surface area contributed by atoms with Crippen LogP contribution < -0.4 is 0 Å². The van der Waals surface area contributed by atoms with E-state index in [1.54, 1.807) is 0 Å². The topological polar surface area (TPSA) is 20.3 Å². The number of carbonyl (C=O) groups excluding carboxylic acids is 1. The molecule has 2 aliphatic rings. The normalized spacial score (nSPS) is 35.0. The third kappa shape index (κ3) is 0.637. The molecule has 1 saturated heterocycles. The molecule has 0 spiro atoms. The van der Waals surface area contributed by atoms with Crippen LogP contribution in [-0.4, -0.2) is 23.4 Å².